The van der Waals surface area contributed by atoms with Crippen LogP contribution in [0.15, 0.2) is 35.5 Å². The summed E-state index contributed by atoms with van der Waals surface area (Å²) in [7, 11) is -1.32. The Morgan fingerprint density at radius 2 is 2.00 bits per heavy atom. The third-order valence-electron chi connectivity index (χ3n) is 5.03. The number of benzene rings is 1. The average Bonchev–Trinajstić information content (AvgIpc) is 3.32. The highest BCUT2D eigenvalue weighted by Crippen LogP contribution is 2.40. The molecule has 1 atom stereocenters. The fourth-order valence-corrected chi connectivity index (χ4v) is 5.77. The second-order valence-corrected chi connectivity index (χ2v) is 10.3. The molecule has 0 N–H and O–H groups in total. The van der Waals surface area contributed by atoms with Crippen LogP contribution in [0.25, 0.3) is 5.69 Å². The van der Waals surface area contributed by atoms with E-state index in [0.717, 1.165) is 24.4 Å². The summed E-state index contributed by atoms with van der Waals surface area (Å²) in [5.41, 5.74) is 0.971. The summed E-state index contributed by atoms with van der Waals surface area (Å²) in [6.45, 7) is 0. The first kappa shape index (κ1) is 18.5. The Balaban J connectivity index is 1.43. The van der Waals surface area contributed by atoms with Gasteiger partial charge in [0.15, 0.2) is 9.84 Å². The Morgan fingerprint density at radius 3 is 2.63 bits per heavy atom. The lowest BCUT2D eigenvalue weighted by Gasteiger charge is -2.22. The van der Waals surface area contributed by atoms with E-state index in [1.54, 1.807) is 11.9 Å². The minimum absolute atomic E-state index is 0.0621. The maximum absolute atomic E-state index is 12.5. The molecule has 1 aromatic heterocycles. The fraction of sp³-hybridized carbons (Fsp3) is 0.500. The zero-order chi connectivity index (χ0) is 19.0. The van der Waals surface area contributed by atoms with Crippen LogP contribution >= 0.6 is 11.8 Å². The van der Waals surface area contributed by atoms with Gasteiger partial charge in [-0.05, 0) is 31.4 Å². The second kappa shape index (κ2) is 7.27. The molecule has 7 nitrogen and oxygen atoms in total. The summed E-state index contributed by atoms with van der Waals surface area (Å²) in [5, 5.41) is 5.18. The van der Waals surface area contributed by atoms with E-state index < -0.39 is 9.84 Å². The zero-order valence-electron chi connectivity index (χ0n) is 15.1. The summed E-state index contributed by atoms with van der Waals surface area (Å²) in [5.74, 6) is 1.73. The van der Waals surface area contributed by atoms with Crippen LogP contribution < -0.4 is 0 Å². The van der Waals surface area contributed by atoms with Crippen LogP contribution in [0.5, 0.6) is 0 Å². The number of nitrogens with zero attached hydrogens (tertiary/aromatic N) is 4. The van der Waals surface area contributed by atoms with E-state index in [-0.39, 0.29) is 29.2 Å². The topological polar surface area (TPSA) is 85.2 Å². The Hall–Kier alpha value is -1.87. The van der Waals surface area contributed by atoms with Gasteiger partial charge in [0, 0.05) is 19.0 Å². The maximum atomic E-state index is 12.5. The van der Waals surface area contributed by atoms with Gasteiger partial charge in [-0.3, -0.25) is 4.79 Å². The number of carbonyl (C=O) groups excluding carboxylic acids is 1. The predicted octanol–water partition coefficient (Wildman–Crippen LogP) is 1.88. The lowest BCUT2D eigenvalue weighted by atomic mass is 10.2. The van der Waals surface area contributed by atoms with Gasteiger partial charge >= 0.3 is 0 Å². The number of amides is 1. The van der Waals surface area contributed by atoms with Gasteiger partial charge in [-0.2, -0.15) is 0 Å². The van der Waals surface area contributed by atoms with E-state index >= 15 is 0 Å². The van der Waals surface area contributed by atoms with E-state index in [1.165, 1.54) is 11.8 Å². The molecule has 2 aliphatic rings. The van der Waals surface area contributed by atoms with E-state index in [1.807, 2.05) is 35.0 Å². The zero-order valence-corrected chi connectivity index (χ0v) is 16.7. The van der Waals surface area contributed by atoms with Gasteiger partial charge in [-0.1, -0.05) is 30.0 Å². The molecule has 2 aromatic rings. The van der Waals surface area contributed by atoms with Crippen molar-refractivity contribution in [1.82, 2.24) is 19.7 Å². The summed E-state index contributed by atoms with van der Waals surface area (Å²) in [4.78, 5) is 18.7. The third kappa shape index (κ3) is 4.19. The summed E-state index contributed by atoms with van der Waals surface area (Å²) >= 11 is 1.31. The highest BCUT2D eigenvalue weighted by atomic mass is 32.2. The number of para-hydroxylation sites is 1. The van der Waals surface area contributed by atoms with Gasteiger partial charge in [0.1, 0.15) is 5.82 Å². The molecular formula is C18H22N4O3S2. The molecule has 144 valence electrons. The molecule has 0 unspecified atom stereocenters. The van der Waals surface area contributed by atoms with E-state index in [2.05, 4.69) is 10.1 Å². The fourth-order valence-electron chi connectivity index (χ4n) is 3.24. The Bertz CT molecular complexity index is 939. The van der Waals surface area contributed by atoms with Crippen molar-refractivity contribution in [3.8, 4) is 5.69 Å². The van der Waals surface area contributed by atoms with Gasteiger partial charge in [-0.15, -0.1) is 5.10 Å². The smallest absolute Gasteiger partial charge is 0.233 e. The number of hydrogen-bond acceptors (Lipinski definition) is 6. The predicted molar refractivity (Wildman–Crippen MR) is 104 cm³/mol. The second-order valence-electron chi connectivity index (χ2n) is 7.12. The van der Waals surface area contributed by atoms with E-state index in [9.17, 15) is 13.2 Å². The quantitative estimate of drug-likeness (QED) is 0.681. The number of sulfone groups is 1. The van der Waals surface area contributed by atoms with Crippen molar-refractivity contribution in [2.24, 2.45) is 0 Å². The normalized spacial score (nSPS) is 21.3. The minimum Gasteiger partial charge on any atom is -0.341 e. The molecule has 1 aliphatic heterocycles. The van der Waals surface area contributed by atoms with Crippen molar-refractivity contribution >= 4 is 27.5 Å². The Kier molecular flexibility index (Phi) is 4.98. The standard InChI is InChI=1S/C18H22N4O3S2/c1-21(15-9-10-27(24,25)12-15)16(23)11-26-18-19-17(13-7-8-13)22(20-18)14-5-3-2-4-6-14/h2-6,13,15H,7-12H2,1H3/t15-/m1/s1. The van der Waals surface area contributed by atoms with Gasteiger partial charge in [0.2, 0.25) is 11.1 Å². The van der Waals surface area contributed by atoms with Crippen molar-refractivity contribution in [1.29, 1.82) is 0 Å². The molecule has 1 aromatic carbocycles. The van der Waals surface area contributed by atoms with E-state index in [4.69, 9.17) is 0 Å². The molecular weight excluding hydrogens is 384 g/mol. The molecule has 2 heterocycles. The Labute approximate surface area is 163 Å². The van der Waals surface area contributed by atoms with Crippen molar-refractivity contribution in [3.63, 3.8) is 0 Å². The lowest BCUT2D eigenvalue weighted by Crippen LogP contribution is -2.38. The van der Waals surface area contributed by atoms with Crippen LogP contribution in [0.3, 0.4) is 0 Å². The van der Waals surface area contributed by atoms with Crippen LogP contribution in [0, 0.1) is 0 Å². The maximum Gasteiger partial charge on any atom is 0.233 e. The number of aromatic nitrogens is 3. The summed E-state index contributed by atoms with van der Waals surface area (Å²) in [6, 6.07) is 9.66. The van der Waals surface area contributed by atoms with Crippen LogP contribution in [0.1, 0.15) is 31.0 Å². The highest BCUT2D eigenvalue weighted by Gasteiger charge is 2.33. The lowest BCUT2D eigenvalue weighted by molar-refractivity contribution is -0.128. The van der Waals surface area contributed by atoms with Gasteiger partial charge in [0.25, 0.3) is 0 Å². The van der Waals surface area contributed by atoms with Crippen LogP contribution in [0.4, 0.5) is 0 Å². The highest BCUT2D eigenvalue weighted by molar-refractivity contribution is 7.99. The first-order chi connectivity index (χ1) is 12.9. The SMILES string of the molecule is CN(C(=O)CSc1nc(C2CC2)n(-c2ccccc2)n1)[C@@H]1CCS(=O)(=O)C1. The van der Waals surface area contributed by atoms with Gasteiger partial charge in [-0.25, -0.2) is 18.1 Å². The molecule has 0 bridgehead atoms. The number of rotatable bonds is 6. The summed E-state index contributed by atoms with van der Waals surface area (Å²) in [6.07, 6.45) is 2.75. The molecule has 4 rings (SSSR count). The van der Waals surface area contributed by atoms with Crippen molar-refractivity contribution in [2.75, 3.05) is 24.3 Å². The van der Waals surface area contributed by atoms with Crippen LogP contribution in [-0.2, 0) is 14.6 Å². The Morgan fingerprint density at radius 1 is 1.26 bits per heavy atom. The van der Waals surface area contributed by atoms with Crippen molar-refractivity contribution in [2.45, 2.75) is 36.4 Å². The number of thioether (sulfide) groups is 1. The third-order valence-corrected chi connectivity index (χ3v) is 7.60. The monoisotopic (exact) mass is 406 g/mol. The summed E-state index contributed by atoms with van der Waals surface area (Å²) < 4.78 is 25.1. The minimum atomic E-state index is -3.01. The van der Waals surface area contributed by atoms with Crippen LogP contribution in [-0.4, -0.2) is 64.3 Å². The first-order valence-electron chi connectivity index (χ1n) is 9.04. The molecule has 2 fully saturated rings. The largest absolute Gasteiger partial charge is 0.341 e. The molecule has 1 amide bonds. The first-order valence-corrected chi connectivity index (χ1v) is 11.8. The average molecular weight is 407 g/mol. The molecule has 1 aliphatic carbocycles. The number of hydrogen-bond donors (Lipinski definition) is 0. The van der Waals surface area contributed by atoms with E-state index in [0.29, 0.717) is 17.5 Å². The van der Waals surface area contributed by atoms with Crippen molar-refractivity contribution in [3.05, 3.63) is 36.2 Å². The van der Waals surface area contributed by atoms with Gasteiger partial charge < -0.3 is 4.90 Å². The van der Waals surface area contributed by atoms with Gasteiger partial charge in [0.05, 0.1) is 22.9 Å². The molecule has 0 spiro atoms. The van der Waals surface area contributed by atoms with Crippen molar-refractivity contribution < 1.29 is 13.2 Å². The molecule has 9 heteroatoms. The molecule has 0 radical (unpaired) electrons. The number of carbonyl (C=O) groups is 1. The molecule has 1 saturated heterocycles. The molecule has 1 saturated carbocycles. The molecule has 27 heavy (non-hydrogen) atoms. The van der Waals surface area contributed by atoms with Crippen LogP contribution in [0.2, 0.25) is 0 Å².